The molecule has 0 aliphatic heterocycles. The quantitative estimate of drug-likeness (QED) is 0.676. The summed E-state index contributed by atoms with van der Waals surface area (Å²) in [6.07, 6.45) is 7.68. The summed E-state index contributed by atoms with van der Waals surface area (Å²) in [6.45, 7) is 4.25. The van der Waals surface area contributed by atoms with Crippen LogP contribution in [0.15, 0.2) is 52.5 Å². The summed E-state index contributed by atoms with van der Waals surface area (Å²) in [7, 11) is 0. The maximum Gasteiger partial charge on any atom is 0.0253 e. The maximum absolute atomic E-state index is 3.65. The van der Waals surface area contributed by atoms with E-state index in [9.17, 15) is 0 Å². The molecule has 1 heteroatoms. The van der Waals surface area contributed by atoms with Crippen LogP contribution in [0.5, 0.6) is 0 Å². The Kier molecular flexibility index (Phi) is 3.45. The van der Waals surface area contributed by atoms with Crippen LogP contribution < -0.4 is 0 Å². The molecule has 82 valence electrons. The van der Waals surface area contributed by atoms with Crippen LogP contribution in [-0.2, 0) is 0 Å². The van der Waals surface area contributed by atoms with Gasteiger partial charge in [-0.2, -0.15) is 0 Å². The molecule has 16 heavy (non-hydrogen) atoms. The smallest absolute Gasteiger partial charge is 0.0253 e. The zero-order valence-electron chi connectivity index (χ0n) is 9.63. The van der Waals surface area contributed by atoms with Gasteiger partial charge in [-0.15, -0.1) is 0 Å². The van der Waals surface area contributed by atoms with E-state index in [1.54, 1.807) is 0 Å². The third kappa shape index (κ3) is 2.53. The molecular weight excluding hydrogens is 260 g/mol. The second kappa shape index (κ2) is 4.84. The zero-order valence-corrected chi connectivity index (χ0v) is 11.2. The average Bonchev–Trinajstić information content (AvgIpc) is 2.41. The minimum Gasteiger partial charge on any atom is -0.0777 e. The van der Waals surface area contributed by atoms with Crippen LogP contribution in [0.4, 0.5) is 0 Å². The molecular formula is C15H15Br. The number of allylic oxidation sites excluding steroid dienone is 6. The van der Waals surface area contributed by atoms with Crippen LogP contribution in [0, 0.1) is 6.92 Å². The minimum absolute atomic E-state index is 1.00. The third-order valence-electron chi connectivity index (χ3n) is 2.74. The maximum atomic E-state index is 3.65. The van der Waals surface area contributed by atoms with Crippen LogP contribution >= 0.6 is 15.9 Å². The Balaban J connectivity index is 2.38. The first kappa shape index (κ1) is 11.4. The Morgan fingerprint density at radius 1 is 1.00 bits per heavy atom. The standard InChI is InChI=1S/C15H15Br/c1-11-6-8-13(9-7-11)14-5-3-4-12(2)10-15(14)16/h4-10H,3H2,1-2H3. The van der Waals surface area contributed by atoms with Crippen LogP contribution in [0.2, 0.25) is 0 Å². The number of hydrogen-bond acceptors (Lipinski definition) is 0. The van der Waals surface area contributed by atoms with E-state index in [0.29, 0.717) is 0 Å². The highest BCUT2D eigenvalue weighted by Crippen LogP contribution is 2.31. The summed E-state index contributed by atoms with van der Waals surface area (Å²) in [6, 6.07) is 8.66. The molecule has 0 nitrogen and oxygen atoms in total. The fourth-order valence-electron chi connectivity index (χ4n) is 1.79. The van der Waals surface area contributed by atoms with Gasteiger partial charge in [0.1, 0.15) is 0 Å². The summed E-state index contributed by atoms with van der Waals surface area (Å²) in [5.74, 6) is 0. The lowest BCUT2D eigenvalue weighted by molar-refractivity contribution is 1.35. The molecule has 1 aliphatic rings. The topological polar surface area (TPSA) is 0 Å². The molecule has 0 radical (unpaired) electrons. The first-order valence-electron chi connectivity index (χ1n) is 5.48. The molecule has 0 N–H and O–H groups in total. The number of benzene rings is 1. The third-order valence-corrected chi connectivity index (χ3v) is 3.39. The van der Waals surface area contributed by atoms with Gasteiger partial charge in [-0.1, -0.05) is 63.5 Å². The van der Waals surface area contributed by atoms with Crippen molar-refractivity contribution in [3.63, 3.8) is 0 Å². The minimum atomic E-state index is 1.00. The molecule has 1 aromatic carbocycles. The molecule has 0 aromatic heterocycles. The van der Waals surface area contributed by atoms with Gasteiger partial charge < -0.3 is 0 Å². The van der Waals surface area contributed by atoms with Crippen LogP contribution in [0.25, 0.3) is 5.57 Å². The largest absolute Gasteiger partial charge is 0.0777 e. The summed E-state index contributed by atoms with van der Waals surface area (Å²) < 4.78 is 1.17. The van der Waals surface area contributed by atoms with E-state index in [-0.39, 0.29) is 0 Å². The Labute approximate surface area is 106 Å². The number of aryl methyl sites for hydroxylation is 1. The van der Waals surface area contributed by atoms with E-state index in [1.807, 2.05) is 0 Å². The van der Waals surface area contributed by atoms with Crippen molar-refractivity contribution < 1.29 is 0 Å². The average molecular weight is 275 g/mol. The summed E-state index contributed by atoms with van der Waals surface area (Å²) >= 11 is 3.65. The highest BCUT2D eigenvalue weighted by atomic mass is 79.9. The van der Waals surface area contributed by atoms with Crippen molar-refractivity contribution in [2.75, 3.05) is 0 Å². The normalized spacial score (nSPS) is 16.1. The van der Waals surface area contributed by atoms with Crippen molar-refractivity contribution >= 4 is 21.5 Å². The van der Waals surface area contributed by atoms with E-state index in [0.717, 1.165) is 6.42 Å². The van der Waals surface area contributed by atoms with Crippen molar-refractivity contribution in [1.82, 2.24) is 0 Å². The lowest BCUT2D eigenvalue weighted by Gasteiger charge is -2.06. The van der Waals surface area contributed by atoms with Crippen molar-refractivity contribution in [3.8, 4) is 0 Å². The summed E-state index contributed by atoms with van der Waals surface area (Å²) in [4.78, 5) is 0. The molecule has 0 saturated heterocycles. The van der Waals surface area contributed by atoms with E-state index in [1.165, 1.54) is 26.8 Å². The zero-order chi connectivity index (χ0) is 11.5. The number of halogens is 1. The molecule has 0 heterocycles. The molecule has 0 spiro atoms. The molecule has 0 amide bonds. The Morgan fingerprint density at radius 2 is 1.69 bits per heavy atom. The second-order valence-electron chi connectivity index (χ2n) is 4.16. The van der Waals surface area contributed by atoms with Gasteiger partial charge in [-0.05, 0) is 37.5 Å². The molecule has 2 rings (SSSR count). The van der Waals surface area contributed by atoms with Crippen LogP contribution in [-0.4, -0.2) is 0 Å². The van der Waals surface area contributed by atoms with Crippen molar-refractivity contribution in [3.05, 3.63) is 63.7 Å². The second-order valence-corrected chi connectivity index (χ2v) is 5.01. The van der Waals surface area contributed by atoms with Crippen LogP contribution in [0.1, 0.15) is 24.5 Å². The van der Waals surface area contributed by atoms with Crippen molar-refractivity contribution in [1.29, 1.82) is 0 Å². The van der Waals surface area contributed by atoms with Gasteiger partial charge in [0.15, 0.2) is 0 Å². The Morgan fingerprint density at radius 3 is 2.38 bits per heavy atom. The molecule has 0 saturated carbocycles. The summed E-state index contributed by atoms with van der Waals surface area (Å²) in [5, 5.41) is 0. The van der Waals surface area contributed by atoms with Crippen LogP contribution in [0.3, 0.4) is 0 Å². The first-order valence-corrected chi connectivity index (χ1v) is 6.27. The summed E-state index contributed by atoms with van der Waals surface area (Å²) in [5.41, 5.74) is 5.17. The first-order chi connectivity index (χ1) is 7.66. The molecule has 0 atom stereocenters. The number of rotatable bonds is 1. The van der Waals surface area contributed by atoms with Gasteiger partial charge in [0.25, 0.3) is 0 Å². The predicted octanol–water partition coefficient (Wildman–Crippen LogP) is 5.01. The highest BCUT2D eigenvalue weighted by molar-refractivity contribution is 9.12. The molecule has 1 aliphatic carbocycles. The van der Waals surface area contributed by atoms with Crippen molar-refractivity contribution in [2.45, 2.75) is 20.3 Å². The van der Waals surface area contributed by atoms with E-state index < -0.39 is 0 Å². The van der Waals surface area contributed by atoms with E-state index >= 15 is 0 Å². The Hall–Kier alpha value is -1.08. The molecule has 0 bridgehead atoms. The Bertz CT molecular complexity index is 473. The van der Waals surface area contributed by atoms with Crippen molar-refractivity contribution in [2.24, 2.45) is 0 Å². The highest BCUT2D eigenvalue weighted by Gasteiger charge is 2.07. The van der Waals surface area contributed by atoms with Gasteiger partial charge in [-0.3, -0.25) is 0 Å². The number of hydrogen-bond donors (Lipinski definition) is 0. The van der Waals surface area contributed by atoms with Gasteiger partial charge in [-0.25, -0.2) is 0 Å². The van der Waals surface area contributed by atoms with Gasteiger partial charge >= 0.3 is 0 Å². The lowest BCUT2D eigenvalue weighted by atomic mass is 10.0. The fraction of sp³-hybridized carbons (Fsp3) is 0.200. The predicted molar refractivity (Wildman–Crippen MR) is 74.5 cm³/mol. The SMILES string of the molecule is CC1=CCC=C(c2ccc(C)cc2)C(Br)=C1. The van der Waals surface area contributed by atoms with E-state index in [2.05, 4.69) is 72.3 Å². The van der Waals surface area contributed by atoms with E-state index in [4.69, 9.17) is 0 Å². The van der Waals surface area contributed by atoms with Gasteiger partial charge in [0.2, 0.25) is 0 Å². The lowest BCUT2D eigenvalue weighted by Crippen LogP contribution is -1.84. The molecule has 1 aromatic rings. The fourth-order valence-corrected chi connectivity index (χ4v) is 2.54. The van der Waals surface area contributed by atoms with Gasteiger partial charge in [0, 0.05) is 4.48 Å². The monoisotopic (exact) mass is 274 g/mol. The van der Waals surface area contributed by atoms with Gasteiger partial charge in [0.05, 0.1) is 0 Å². The molecule has 0 fully saturated rings. The molecule has 0 unspecified atom stereocenters.